The first-order valence-electron chi connectivity index (χ1n) is 5.38. The number of H-pyrrole nitrogens is 1. The lowest BCUT2D eigenvalue weighted by molar-refractivity contribution is 0.0690. The average Bonchev–Trinajstić information content (AvgIpc) is 2.81. The zero-order valence-corrected chi connectivity index (χ0v) is 10.9. The Kier molecular flexibility index (Phi) is 3.33. The number of carboxylic acids is 1. The van der Waals surface area contributed by atoms with Gasteiger partial charge in [0.25, 0.3) is 5.56 Å². The van der Waals surface area contributed by atoms with Gasteiger partial charge in [0.1, 0.15) is 5.69 Å². The van der Waals surface area contributed by atoms with E-state index in [0.717, 1.165) is 16.2 Å². The smallest absolute Gasteiger partial charge is 0.353 e. The molecule has 2 N–H and O–H groups in total. The van der Waals surface area contributed by atoms with Gasteiger partial charge in [-0.1, -0.05) is 6.58 Å². The molecule has 0 atom stereocenters. The maximum Gasteiger partial charge on any atom is 0.353 e. The van der Waals surface area contributed by atoms with Gasteiger partial charge in [0.2, 0.25) is 0 Å². The summed E-state index contributed by atoms with van der Waals surface area (Å²) < 4.78 is 24.1. The van der Waals surface area contributed by atoms with E-state index in [-0.39, 0.29) is 10.6 Å². The summed E-state index contributed by atoms with van der Waals surface area (Å²) >= 11 is 0. The lowest BCUT2D eigenvalue weighted by Crippen LogP contribution is -2.13. The maximum atomic E-state index is 11.6. The van der Waals surface area contributed by atoms with E-state index in [9.17, 15) is 18.0 Å². The Balaban J connectivity index is 2.48. The van der Waals surface area contributed by atoms with Crippen LogP contribution in [-0.4, -0.2) is 29.3 Å². The van der Waals surface area contributed by atoms with Crippen molar-refractivity contribution in [2.24, 2.45) is 0 Å². The van der Waals surface area contributed by atoms with Crippen LogP contribution in [-0.2, 0) is 9.84 Å². The third kappa shape index (κ3) is 2.41. The van der Waals surface area contributed by atoms with E-state index < -0.39 is 21.4 Å². The summed E-state index contributed by atoms with van der Waals surface area (Å²) in [5.74, 6) is -1.26. The highest BCUT2D eigenvalue weighted by atomic mass is 32.2. The van der Waals surface area contributed by atoms with Gasteiger partial charge in [-0.15, -0.1) is 0 Å². The molecule has 0 aliphatic rings. The number of aromatic nitrogens is 2. The summed E-state index contributed by atoms with van der Waals surface area (Å²) in [7, 11) is -3.54. The van der Waals surface area contributed by atoms with Crippen LogP contribution >= 0.6 is 0 Å². The van der Waals surface area contributed by atoms with Gasteiger partial charge in [-0.25, -0.2) is 17.9 Å². The Bertz CT molecular complexity index is 827. The number of hydrogen-bond acceptors (Lipinski definition) is 4. The van der Waals surface area contributed by atoms with Gasteiger partial charge in [-0.2, -0.15) is 0 Å². The fourth-order valence-electron chi connectivity index (χ4n) is 1.58. The minimum absolute atomic E-state index is 0.0364. The number of sulfone groups is 1. The molecular weight excluding hydrogens is 284 g/mol. The molecular formula is C12H10N2O5S. The number of nitrogens with zero attached hydrogens (tertiary/aromatic N) is 1. The lowest BCUT2D eigenvalue weighted by Gasteiger charge is -2.03. The molecule has 20 heavy (non-hydrogen) atoms. The molecule has 2 aromatic rings. The van der Waals surface area contributed by atoms with E-state index in [2.05, 4.69) is 11.7 Å². The summed E-state index contributed by atoms with van der Waals surface area (Å²) in [6, 6.07) is 6.33. The first kappa shape index (κ1) is 13.8. The Labute approximate surface area is 113 Å². The van der Waals surface area contributed by atoms with E-state index in [4.69, 9.17) is 5.11 Å². The van der Waals surface area contributed by atoms with Gasteiger partial charge in [0, 0.05) is 11.5 Å². The Hall–Kier alpha value is -2.61. The van der Waals surface area contributed by atoms with Crippen molar-refractivity contribution in [1.29, 1.82) is 0 Å². The van der Waals surface area contributed by atoms with E-state index in [0.29, 0.717) is 5.69 Å². The van der Waals surface area contributed by atoms with E-state index in [1.165, 1.54) is 24.3 Å². The molecule has 0 aliphatic carbocycles. The van der Waals surface area contributed by atoms with Gasteiger partial charge in [-0.05, 0) is 24.3 Å². The summed E-state index contributed by atoms with van der Waals surface area (Å²) in [6.45, 7) is 3.21. The number of hydrogen-bond donors (Lipinski definition) is 2. The minimum Gasteiger partial charge on any atom is -0.477 e. The second-order valence-corrected chi connectivity index (χ2v) is 5.75. The first-order chi connectivity index (χ1) is 9.35. The molecule has 0 spiro atoms. The number of aromatic amines is 1. The molecule has 0 bridgehead atoms. The van der Waals surface area contributed by atoms with Crippen LogP contribution in [0.4, 0.5) is 0 Å². The predicted molar refractivity (Wildman–Crippen MR) is 70.7 cm³/mol. The number of aromatic carboxylic acids is 1. The third-order valence-corrected chi connectivity index (χ3v) is 3.96. The summed E-state index contributed by atoms with van der Waals surface area (Å²) in [5, 5.41) is 12.0. The fourth-order valence-corrected chi connectivity index (χ4v) is 2.29. The maximum absolute atomic E-state index is 11.6. The number of rotatable bonds is 4. The summed E-state index contributed by atoms with van der Waals surface area (Å²) in [6.07, 6.45) is 0. The minimum atomic E-state index is -3.54. The summed E-state index contributed by atoms with van der Waals surface area (Å²) in [4.78, 5) is 22.4. The van der Waals surface area contributed by atoms with Crippen LogP contribution in [0.25, 0.3) is 5.69 Å². The van der Waals surface area contributed by atoms with Crippen LogP contribution in [0.5, 0.6) is 0 Å². The van der Waals surface area contributed by atoms with Crippen molar-refractivity contribution in [1.82, 2.24) is 9.78 Å². The predicted octanol–water partition coefficient (Wildman–Crippen LogP) is 0.781. The molecule has 7 nitrogen and oxygen atoms in total. The molecule has 1 aromatic heterocycles. The molecule has 1 heterocycles. The highest BCUT2D eigenvalue weighted by Crippen LogP contribution is 2.14. The lowest BCUT2D eigenvalue weighted by atomic mass is 10.3. The average molecular weight is 294 g/mol. The highest BCUT2D eigenvalue weighted by Gasteiger charge is 2.12. The monoisotopic (exact) mass is 294 g/mol. The Morgan fingerprint density at radius 2 is 1.90 bits per heavy atom. The molecule has 8 heteroatoms. The van der Waals surface area contributed by atoms with Crippen LogP contribution in [0.15, 0.2) is 52.0 Å². The second-order valence-electron chi connectivity index (χ2n) is 3.85. The summed E-state index contributed by atoms with van der Waals surface area (Å²) in [5.41, 5.74) is -0.481. The van der Waals surface area contributed by atoms with Crippen molar-refractivity contribution in [3.05, 3.63) is 58.4 Å². The Morgan fingerprint density at radius 1 is 1.30 bits per heavy atom. The van der Waals surface area contributed by atoms with Crippen molar-refractivity contribution in [3.63, 3.8) is 0 Å². The van der Waals surface area contributed by atoms with Gasteiger partial charge in [0.15, 0.2) is 9.84 Å². The van der Waals surface area contributed by atoms with Crippen LogP contribution < -0.4 is 5.56 Å². The quantitative estimate of drug-likeness (QED) is 0.866. The number of nitrogens with one attached hydrogen (secondary N) is 1. The van der Waals surface area contributed by atoms with Crippen molar-refractivity contribution in [2.45, 2.75) is 4.90 Å². The molecule has 0 fully saturated rings. The molecule has 0 unspecified atom stereocenters. The van der Waals surface area contributed by atoms with Gasteiger partial charge in [0.05, 0.1) is 10.6 Å². The van der Waals surface area contributed by atoms with Crippen LogP contribution in [0.1, 0.15) is 10.5 Å². The van der Waals surface area contributed by atoms with E-state index in [1.807, 2.05) is 0 Å². The van der Waals surface area contributed by atoms with Crippen LogP contribution in [0.3, 0.4) is 0 Å². The van der Waals surface area contributed by atoms with Crippen LogP contribution in [0, 0.1) is 0 Å². The SMILES string of the molecule is C=CS(=O)(=O)c1ccc(-n2[nH]c(C(=O)O)cc2=O)cc1. The van der Waals surface area contributed by atoms with Crippen molar-refractivity contribution in [3.8, 4) is 5.69 Å². The molecule has 0 saturated heterocycles. The second kappa shape index (κ2) is 4.82. The molecule has 0 saturated carbocycles. The molecule has 0 radical (unpaired) electrons. The number of carbonyl (C=O) groups is 1. The van der Waals surface area contributed by atoms with Crippen molar-refractivity contribution < 1.29 is 18.3 Å². The van der Waals surface area contributed by atoms with Gasteiger partial charge >= 0.3 is 5.97 Å². The Morgan fingerprint density at radius 3 is 2.35 bits per heavy atom. The molecule has 0 aliphatic heterocycles. The van der Waals surface area contributed by atoms with E-state index >= 15 is 0 Å². The normalized spacial score (nSPS) is 11.2. The molecule has 0 amide bonds. The number of benzene rings is 1. The van der Waals surface area contributed by atoms with E-state index in [1.54, 1.807) is 0 Å². The molecule has 104 valence electrons. The topological polar surface area (TPSA) is 109 Å². The first-order valence-corrected chi connectivity index (χ1v) is 6.93. The van der Waals surface area contributed by atoms with Gasteiger partial charge in [-0.3, -0.25) is 9.89 Å². The molecule has 1 aromatic carbocycles. The van der Waals surface area contributed by atoms with Crippen molar-refractivity contribution in [2.75, 3.05) is 0 Å². The molecule has 2 rings (SSSR count). The third-order valence-electron chi connectivity index (χ3n) is 2.59. The zero-order valence-electron chi connectivity index (χ0n) is 10.1. The van der Waals surface area contributed by atoms with Gasteiger partial charge < -0.3 is 5.11 Å². The van der Waals surface area contributed by atoms with Crippen LogP contribution in [0.2, 0.25) is 0 Å². The fraction of sp³-hybridized carbons (Fsp3) is 0. The largest absolute Gasteiger partial charge is 0.477 e. The zero-order chi connectivity index (χ0) is 14.9. The highest BCUT2D eigenvalue weighted by molar-refractivity contribution is 7.94. The van der Waals surface area contributed by atoms with Crippen molar-refractivity contribution >= 4 is 15.8 Å². The standard InChI is InChI=1S/C12H10N2O5S/c1-2-20(18,19)9-5-3-8(4-6-9)14-11(15)7-10(13-14)12(16)17/h2-7,13H,1H2,(H,16,17). The number of carboxylic acid groups (broad SMARTS) is 1.